The van der Waals surface area contributed by atoms with Crippen LogP contribution in [0.1, 0.15) is 58.3 Å². The summed E-state index contributed by atoms with van der Waals surface area (Å²) in [6, 6.07) is -0.293. The van der Waals surface area contributed by atoms with Crippen molar-refractivity contribution in [3.63, 3.8) is 0 Å². The van der Waals surface area contributed by atoms with Crippen LogP contribution in [0.3, 0.4) is 0 Å². The summed E-state index contributed by atoms with van der Waals surface area (Å²) in [5.74, 6) is 1.02. The van der Waals surface area contributed by atoms with Gasteiger partial charge in [-0.15, -0.1) is 0 Å². The van der Waals surface area contributed by atoms with Crippen molar-refractivity contribution in [1.29, 1.82) is 0 Å². The third kappa shape index (κ3) is 2.37. The predicted molar refractivity (Wildman–Crippen MR) is 72.5 cm³/mol. The average molecular weight is 264 g/mol. The van der Waals surface area contributed by atoms with Gasteiger partial charge in [-0.2, -0.15) is 0 Å². The lowest BCUT2D eigenvalue weighted by molar-refractivity contribution is -0.156. The Morgan fingerprint density at radius 2 is 1.89 bits per heavy atom. The van der Waals surface area contributed by atoms with Crippen molar-refractivity contribution in [3.8, 4) is 0 Å². The summed E-state index contributed by atoms with van der Waals surface area (Å²) in [4.78, 5) is 26.8. The Labute approximate surface area is 114 Å². The van der Waals surface area contributed by atoms with Gasteiger partial charge in [0.15, 0.2) is 0 Å². The molecule has 3 rings (SSSR count). The topological polar surface area (TPSA) is 49.4 Å². The molecule has 2 amide bonds. The molecule has 2 saturated carbocycles. The molecule has 1 aliphatic heterocycles. The Bertz CT molecular complexity index is 384. The second-order valence-corrected chi connectivity index (χ2v) is 6.54. The van der Waals surface area contributed by atoms with E-state index in [1.165, 1.54) is 19.3 Å². The van der Waals surface area contributed by atoms with Crippen molar-refractivity contribution < 1.29 is 9.59 Å². The van der Waals surface area contributed by atoms with E-state index in [4.69, 9.17) is 0 Å². The predicted octanol–water partition coefficient (Wildman–Crippen LogP) is 1.84. The number of hydrogen-bond donors (Lipinski definition) is 1. The Hall–Kier alpha value is -1.06. The second kappa shape index (κ2) is 4.80. The summed E-state index contributed by atoms with van der Waals surface area (Å²) in [5, 5.41) is 3.03. The summed E-state index contributed by atoms with van der Waals surface area (Å²) in [7, 11) is 0. The van der Waals surface area contributed by atoms with Crippen molar-refractivity contribution in [1.82, 2.24) is 10.2 Å². The fourth-order valence-corrected chi connectivity index (χ4v) is 3.50. The molecule has 4 nitrogen and oxygen atoms in total. The van der Waals surface area contributed by atoms with E-state index in [9.17, 15) is 9.59 Å². The molecule has 106 valence electrons. The van der Waals surface area contributed by atoms with Crippen molar-refractivity contribution in [2.24, 2.45) is 5.92 Å². The number of carbonyl (C=O) groups excluding carboxylic acids is 2. The summed E-state index contributed by atoms with van der Waals surface area (Å²) in [5.41, 5.74) is -0.564. The fraction of sp³-hybridized carbons (Fsp3) is 0.867. The van der Waals surface area contributed by atoms with Crippen LogP contribution in [0.5, 0.6) is 0 Å². The number of amides is 2. The number of hydrogen-bond acceptors (Lipinski definition) is 2. The van der Waals surface area contributed by atoms with Gasteiger partial charge in [0.25, 0.3) is 0 Å². The highest BCUT2D eigenvalue weighted by Gasteiger charge is 2.49. The molecule has 0 aromatic carbocycles. The molecule has 1 spiro atoms. The maximum absolute atomic E-state index is 12.8. The van der Waals surface area contributed by atoms with Crippen LogP contribution < -0.4 is 5.32 Å². The third-order valence-electron chi connectivity index (χ3n) is 5.06. The Kier molecular flexibility index (Phi) is 3.27. The maximum Gasteiger partial charge on any atom is 0.248 e. The van der Waals surface area contributed by atoms with Gasteiger partial charge in [0.05, 0.1) is 0 Å². The summed E-state index contributed by atoms with van der Waals surface area (Å²) in [6.07, 6.45) is 8.60. The molecule has 2 aliphatic carbocycles. The van der Waals surface area contributed by atoms with Crippen LogP contribution in [0.25, 0.3) is 0 Å². The number of piperazine rings is 1. The van der Waals surface area contributed by atoms with Gasteiger partial charge in [-0.3, -0.25) is 9.59 Å². The number of carbonyl (C=O) groups is 2. The number of nitrogens with one attached hydrogen (secondary N) is 1. The zero-order chi connectivity index (χ0) is 13.5. The van der Waals surface area contributed by atoms with E-state index in [1.54, 1.807) is 0 Å². The first kappa shape index (κ1) is 12.9. The molecule has 1 unspecified atom stereocenters. The van der Waals surface area contributed by atoms with E-state index in [0.29, 0.717) is 0 Å². The van der Waals surface area contributed by atoms with Gasteiger partial charge >= 0.3 is 0 Å². The molecule has 1 heterocycles. The van der Waals surface area contributed by atoms with Crippen LogP contribution in [0.4, 0.5) is 0 Å². The molecule has 4 heteroatoms. The highest BCUT2D eigenvalue weighted by Crippen LogP contribution is 2.36. The Balaban J connectivity index is 1.75. The smallest absolute Gasteiger partial charge is 0.248 e. The molecule has 1 atom stereocenters. The molecule has 1 saturated heterocycles. The van der Waals surface area contributed by atoms with Crippen LogP contribution in [0.2, 0.25) is 0 Å². The fourth-order valence-electron chi connectivity index (χ4n) is 3.50. The largest absolute Gasteiger partial charge is 0.340 e. The SMILES string of the molecule is CC1C(=O)NC2(CCCCC2)C(=O)N1CCC1CC1. The maximum atomic E-state index is 12.8. The summed E-state index contributed by atoms with van der Waals surface area (Å²) < 4.78 is 0. The molecule has 0 bridgehead atoms. The van der Waals surface area contributed by atoms with Crippen molar-refractivity contribution in [2.45, 2.75) is 69.9 Å². The van der Waals surface area contributed by atoms with Gasteiger partial charge < -0.3 is 10.2 Å². The summed E-state index contributed by atoms with van der Waals surface area (Å²) >= 11 is 0. The zero-order valence-electron chi connectivity index (χ0n) is 11.8. The lowest BCUT2D eigenvalue weighted by atomic mass is 9.78. The molecule has 3 aliphatic rings. The van der Waals surface area contributed by atoms with Crippen LogP contribution in [-0.4, -0.2) is 34.8 Å². The minimum absolute atomic E-state index is 0.0392. The monoisotopic (exact) mass is 264 g/mol. The quantitative estimate of drug-likeness (QED) is 0.845. The lowest BCUT2D eigenvalue weighted by Crippen LogP contribution is -2.70. The van der Waals surface area contributed by atoms with Gasteiger partial charge in [0.1, 0.15) is 11.6 Å². The van der Waals surface area contributed by atoms with E-state index in [0.717, 1.165) is 44.6 Å². The number of rotatable bonds is 3. The van der Waals surface area contributed by atoms with Gasteiger partial charge in [-0.1, -0.05) is 32.1 Å². The van der Waals surface area contributed by atoms with Crippen LogP contribution in [0.15, 0.2) is 0 Å². The average Bonchev–Trinajstić information content (AvgIpc) is 3.22. The van der Waals surface area contributed by atoms with Gasteiger partial charge in [-0.05, 0) is 32.1 Å². The summed E-state index contributed by atoms with van der Waals surface area (Å²) in [6.45, 7) is 2.62. The van der Waals surface area contributed by atoms with Crippen molar-refractivity contribution in [2.75, 3.05) is 6.54 Å². The molecule has 0 radical (unpaired) electrons. The zero-order valence-corrected chi connectivity index (χ0v) is 11.8. The molecular weight excluding hydrogens is 240 g/mol. The van der Waals surface area contributed by atoms with Crippen LogP contribution >= 0.6 is 0 Å². The Morgan fingerprint density at radius 3 is 2.53 bits per heavy atom. The van der Waals surface area contributed by atoms with E-state index in [-0.39, 0.29) is 17.9 Å². The van der Waals surface area contributed by atoms with E-state index >= 15 is 0 Å². The van der Waals surface area contributed by atoms with Gasteiger partial charge in [0.2, 0.25) is 11.8 Å². The molecule has 0 aromatic heterocycles. The lowest BCUT2D eigenvalue weighted by Gasteiger charge is -2.47. The first-order chi connectivity index (χ1) is 9.12. The molecule has 0 aromatic rings. The number of nitrogens with zero attached hydrogens (tertiary/aromatic N) is 1. The highest BCUT2D eigenvalue weighted by atomic mass is 16.2. The van der Waals surface area contributed by atoms with E-state index in [1.807, 2.05) is 11.8 Å². The Morgan fingerprint density at radius 1 is 1.21 bits per heavy atom. The van der Waals surface area contributed by atoms with Gasteiger partial charge in [-0.25, -0.2) is 0 Å². The molecular formula is C15H24N2O2. The minimum atomic E-state index is -0.564. The third-order valence-corrected chi connectivity index (χ3v) is 5.06. The molecule has 19 heavy (non-hydrogen) atoms. The normalized spacial score (nSPS) is 30.6. The van der Waals surface area contributed by atoms with Crippen LogP contribution in [0, 0.1) is 5.92 Å². The highest BCUT2D eigenvalue weighted by molar-refractivity contribution is 5.99. The van der Waals surface area contributed by atoms with Crippen LogP contribution in [-0.2, 0) is 9.59 Å². The van der Waals surface area contributed by atoms with Crippen molar-refractivity contribution in [3.05, 3.63) is 0 Å². The van der Waals surface area contributed by atoms with Crippen molar-refractivity contribution >= 4 is 11.8 Å². The molecule has 1 N–H and O–H groups in total. The van der Waals surface area contributed by atoms with E-state index in [2.05, 4.69) is 5.32 Å². The second-order valence-electron chi connectivity index (χ2n) is 6.54. The first-order valence-electron chi connectivity index (χ1n) is 7.75. The molecule has 3 fully saturated rings. The first-order valence-corrected chi connectivity index (χ1v) is 7.75. The van der Waals surface area contributed by atoms with Gasteiger partial charge in [0, 0.05) is 6.54 Å². The standard InChI is InChI=1S/C15H24N2O2/c1-11-13(18)16-15(8-3-2-4-9-15)14(19)17(11)10-7-12-5-6-12/h11-12H,2-10H2,1H3,(H,16,18). The minimum Gasteiger partial charge on any atom is -0.340 e. The van der Waals surface area contributed by atoms with E-state index < -0.39 is 5.54 Å².